The Balaban J connectivity index is 1.64. The fourth-order valence-electron chi connectivity index (χ4n) is 3.64. The second-order valence-corrected chi connectivity index (χ2v) is 7.39. The fraction of sp³-hybridized carbons (Fsp3) is 0.400. The van der Waals surface area contributed by atoms with Crippen LogP contribution in [-0.2, 0) is 11.3 Å². The van der Waals surface area contributed by atoms with Crippen molar-refractivity contribution in [3.63, 3.8) is 0 Å². The molecule has 0 unspecified atom stereocenters. The summed E-state index contributed by atoms with van der Waals surface area (Å²) in [7, 11) is 0. The molecule has 0 atom stereocenters. The van der Waals surface area contributed by atoms with Crippen molar-refractivity contribution in [1.82, 2.24) is 19.2 Å². The fourth-order valence-corrected chi connectivity index (χ4v) is 3.64. The van der Waals surface area contributed by atoms with E-state index in [9.17, 15) is 9.59 Å². The molecule has 3 aromatic rings. The summed E-state index contributed by atoms with van der Waals surface area (Å²) in [6.07, 6.45) is 2.16. The summed E-state index contributed by atoms with van der Waals surface area (Å²) in [5.74, 6) is 0.323. The van der Waals surface area contributed by atoms with Crippen molar-refractivity contribution in [3.05, 3.63) is 51.6 Å². The first kappa shape index (κ1) is 18.2. The number of nitrogens with one attached hydrogen (secondary N) is 1. The van der Waals surface area contributed by atoms with E-state index >= 15 is 0 Å². The molecule has 1 aliphatic rings. The van der Waals surface area contributed by atoms with E-state index in [0.717, 1.165) is 48.4 Å². The minimum atomic E-state index is -0.347. The molecule has 1 amide bonds. The van der Waals surface area contributed by atoms with E-state index in [-0.39, 0.29) is 18.1 Å². The van der Waals surface area contributed by atoms with Gasteiger partial charge < -0.3 is 10.2 Å². The molecular formula is C20H24N6O2. The SMILES string of the molecule is Cc1ccc(NC(=O)Cn2nc3cc(C)nc(N4CCCC4)n3c2=O)c(C)c1. The van der Waals surface area contributed by atoms with E-state index < -0.39 is 0 Å². The van der Waals surface area contributed by atoms with Gasteiger partial charge in [-0.15, -0.1) is 5.10 Å². The van der Waals surface area contributed by atoms with Crippen LogP contribution in [-0.4, -0.2) is 38.2 Å². The van der Waals surface area contributed by atoms with Gasteiger partial charge in [0.05, 0.1) is 0 Å². The minimum absolute atomic E-state index is 0.147. The second-order valence-electron chi connectivity index (χ2n) is 7.39. The summed E-state index contributed by atoms with van der Waals surface area (Å²) in [4.78, 5) is 32.1. The number of aryl methyl sites for hydroxylation is 3. The van der Waals surface area contributed by atoms with Crippen LogP contribution in [0.4, 0.5) is 11.6 Å². The maximum atomic E-state index is 12.9. The number of hydrogen-bond acceptors (Lipinski definition) is 5. The van der Waals surface area contributed by atoms with Crippen LogP contribution in [0.3, 0.4) is 0 Å². The van der Waals surface area contributed by atoms with Crippen molar-refractivity contribution in [2.45, 2.75) is 40.2 Å². The largest absolute Gasteiger partial charge is 0.353 e. The lowest BCUT2D eigenvalue weighted by Crippen LogP contribution is -2.31. The highest BCUT2D eigenvalue weighted by Gasteiger charge is 2.21. The number of anilines is 2. The third-order valence-corrected chi connectivity index (χ3v) is 5.02. The van der Waals surface area contributed by atoms with Gasteiger partial charge in [-0.2, -0.15) is 0 Å². The Morgan fingerprint density at radius 1 is 1.14 bits per heavy atom. The Bertz CT molecular complexity index is 1110. The second kappa shape index (κ2) is 7.10. The number of fused-ring (bicyclic) bond motifs is 1. The standard InChI is InChI=1S/C20H24N6O2/c1-13-6-7-16(14(2)10-13)22-18(27)12-25-20(28)26-17(23-25)11-15(3)21-19(26)24-8-4-5-9-24/h6-7,10-11H,4-5,8-9,12H2,1-3H3,(H,22,27). The topological polar surface area (TPSA) is 84.5 Å². The molecule has 0 saturated carbocycles. The van der Waals surface area contributed by atoms with E-state index in [1.807, 2.05) is 39.0 Å². The number of carbonyl (C=O) groups excluding carboxylic acids is 1. The van der Waals surface area contributed by atoms with Crippen LogP contribution in [0.25, 0.3) is 5.65 Å². The number of aromatic nitrogens is 4. The van der Waals surface area contributed by atoms with Gasteiger partial charge in [0.15, 0.2) is 5.65 Å². The molecular weight excluding hydrogens is 356 g/mol. The van der Waals surface area contributed by atoms with Crippen LogP contribution in [0.5, 0.6) is 0 Å². The van der Waals surface area contributed by atoms with Crippen molar-refractivity contribution in [2.75, 3.05) is 23.3 Å². The molecule has 4 rings (SSSR count). The Morgan fingerprint density at radius 3 is 2.61 bits per heavy atom. The highest BCUT2D eigenvalue weighted by atomic mass is 16.2. The molecule has 3 heterocycles. The van der Waals surface area contributed by atoms with Gasteiger partial charge in [-0.1, -0.05) is 17.7 Å². The van der Waals surface area contributed by atoms with E-state index in [1.165, 1.54) is 9.08 Å². The maximum Gasteiger partial charge on any atom is 0.353 e. The van der Waals surface area contributed by atoms with Crippen LogP contribution in [0, 0.1) is 20.8 Å². The zero-order valence-electron chi connectivity index (χ0n) is 16.4. The van der Waals surface area contributed by atoms with Crippen molar-refractivity contribution < 1.29 is 4.79 Å². The first-order valence-corrected chi connectivity index (χ1v) is 9.51. The van der Waals surface area contributed by atoms with E-state index in [2.05, 4.69) is 20.3 Å². The summed E-state index contributed by atoms with van der Waals surface area (Å²) in [5.41, 5.74) is 3.81. The number of amides is 1. The molecule has 0 aliphatic carbocycles. The monoisotopic (exact) mass is 380 g/mol. The molecule has 1 N–H and O–H groups in total. The Kier molecular flexibility index (Phi) is 4.62. The Labute approximate surface area is 162 Å². The molecule has 1 aromatic carbocycles. The average molecular weight is 380 g/mol. The number of rotatable bonds is 4. The van der Waals surface area contributed by atoms with Crippen molar-refractivity contribution >= 4 is 23.2 Å². The molecule has 0 radical (unpaired) electrons. The number of nitrogens with zero attached hydrogens (tertiary/aromatic N) is 5. The third kappa shape index (κ3) is 3.37. The number of benzene rings is 1. The average Bonchev–Trinajstić information content (AvgIpc) is 3.26. The maximum absolute atomic E-state index is 12.9. The van der Waals surface area contributed by atoms with Crippen molar-refractivity contribution in [1.29, 1.82) is 0 Å². The Hall–Kier alpha value is -3.16. The molecule has 0 spiro atoms. The first-order valence-electron chi connectivity index (χ1n) is 9.51. The molecule has 146 valence electrons. The molecule has 1 aliphatic heterocycles. The number of carbonyl (C=O) groups is 1. The van der Waals surface area contributed by atoms with Gasteiger partial charge in [-0.25, -0.2) is 18.9 Å². The quantitative estimate of drug-likeness (QED) is 0.749. The summed E-state index contributed by atoms with van der Waals surface area (Å²) in [6.45, 7) is 7.42. The normalized spacial score (nSPS) is 14.0. The van der Waals surface area contributed by atoms with Gasteiger partial charge in [0.25, 0.3) is 0 Å². The van der Waals surface area contributed by atoms with Gasteiger partial charge in [0.2, 0.25) is 11.9 Å². The van der Waals surface area contributed by atoms with Gasteiger partial charge in [-0.3, -0.25) is 4.79 Å². The Morgan fingerprint density at radius 2 is 1.89 bits per heavy atom. The van der Waals surface area contributed by atoms with E-state index in [0.29, 0.717) is 11.6 Å². The summed E-state index contributed by atoms with van der Waals surface area (Å²) >= 11 is 0. The van der Waals surface area contributed by atoms with Gasteiger partial charge in [0.1, 0.15) is 6.54 Å². The molecule has 2 aromatic heterocycles. The molecule has 8 nitrogen and oxygen atoms in total. The zero-order valence-corrected chi connectivity index (χ0v) is 16.4. The minimum Gasteiger partial charge on any atom is -0.342 e. The highest BCUT2D eigenvalue weighted by Crippen LogP contribution is 2.19. The summed E-state index contributed by atoms with van der Waals surface area (Å²) in [6, 6.07) is 7.58. The molecule has 0 bridgehead atoms. The molecule has 1 saturated heterocycles. The van der Waals surface area contributed by atoms with E-state index in [1.54, 1.807) is 6.07 Å². The van der Waals surface area contributed by atoms with Crippen molar-refractivity contribution in [3.8, 4) is 0 Å². The lowest BCUT2D eigenvalue weighted by Gasteiger charge is -2.17. The van der Waals surface area contributed by atoms with Crippen LogP contribution >= 0.6 is 0 Å². The van der Waals surface area contributed by atoms with Crippen LogP contribution in [0.15, 0.2) is 29.1 Å². The van der Waals surface area contributed by atoms with E-state index in [4.69, 9.17) is 0 Å². The van der Waals surface area contributed by atoms with Crippen LogP contribution < -0.4 is 15.9 Å². The lowest BCUT2D eigenvalue weighted by molar-refractivity contribution is -0.117. The summed E-state index contributed by atoms with van der Waals surface area (Å²) < 4.78 is 2.71. The highest BCUT2D eigenvalue weighted by molar-refractivity contribution is 5.91. The zero-order chi connectivity index (χ0) is 19.8. The predicted octanol–water partition coefficient (Wildman–Crippen LogP) is 2.06. The van der Waals surface area contributed by atoms with Gasteiger partial charge in [-0.05, 0) is 45.2 Å². The van der Waals surface area contributed by atoms with Gasteiger partial charge >= 0.3 is 5.69 Å². The molecule has 1 fully saturated rings. The first-order chi connectivity index (χ1) is 13.4. The molecule has 8 heteroatoms. The van der Waals surface area contributed by atoms with Crippen LogP contribution in [0.1, 0.15) is 29.7 Å². The van der Waals surface area contributed by atoms with Crippen LogP contribution in [0.2, 0.25) is 0 Å². The summed E-state index contributed by atoms with van der Waals surface area (Å²) in [5, 5.41) is 7.23. The van der Waals surface area contributed by atoms with Crippen molar-refractivity contribution in [2.24, 2.45) is 0 Å². The molecule has 28 heavy (non-hydrogen) atoms. The van der Waals surface area contributed by atoms with Gasteiger partial charge in [0, 0.05) is 30.5 Å². The smallest absolute Gasteiger partial charge is 0.342 e. The predicted molar refractivity (Wildman–Crippen MR) is 108 cm³/mol. The number of hydrogen-bond donors (Lipinski definition) is 1. The third-order valence-electron chi connectivity index (χ3n) is 5.02. The lowest BCUT2D eigenvalue weighted by atomic mass is 10.1.